The smallest absolute Gasteiger partial charge is 0.227 e. The molecule has 0 saturated heterocycles. The molecule has 0 unspecified atom stereocenters. The highest BCUT2D eigenvalue weighted by molar-refractivity contribution is 7.25. The normalized spacial score (nSPS) is 11.8. The summed E-state index contributed by atoms with van der Waals surface area (Å²) in [6.45, 7) is 0. The van der Waals surface area contributed by atoms with Crippen molar-refractivity contribution in [1.29, 1.82) is 0 Å². The van der Waals surface area contributed by atoms with E-state index in [1.807, 2.05) is 48.5 Å². The summed E-state index contributed by atoms with van der Waals surface area (Å²) in [4.78, 5) is 7.15. The SMILES string of the molecule is c1ccc(-c2ccc(N(c3ccc4c(c3)oc3ccccc34)c3ccc4c(c3)sc3cc5oc(-c6ccccc6)nc5cc34)cc2)cc1. The average Bonchev–Trinajstić information content (AvgIpc) is 3.84. The Labute approximate surface area is 279 Å². The summed E-state index contributed by atoms with van der Waals surface area (Å²) >= 11 is 1.78. The molecule has 5 heteroatoms. The van der Waals surface area contributed by atoms with Gasteiger partial charge >= 0.3 is 0 Å². The van der Waals surface area contributed by atoms with Gasteiger partial charge in [0.25, 0.3) is 0 Å². The quantitative estimate of drug-likeness (QED) is 0.189. The first kappa shape index (κ1) is 27.0. The molecule has 0 bridgehead atoms. The predicted octanol–water partition coefficient (Wildman–Crippen LogP) is 12.9. The predicted molar refractivity (Wildman–Crippen MR) is 200 cm³/mol. The van der Waals surface area contributed by atoms with Gasteiger partial charge in [-0.1, -0.05) is 84.9 Å². The number of aromatic nitrogens is 1. The lowest BCUT2D eigenvalue weighted by molar-refractivity contribution is 0.620. The van der Waals surface area contributed by atoms with Crippen molar-refractivity contribution in [3.05, 3.63) is 158 Å². The van der Waals surface area contributed by atoms with Crippen LogP contribution >= 0.6 is 11.3 Å². The number of rotatable bonds is 5. The number of oxazole rings is 1. The van der Waals surface area contributed by atoms with Gasteiger partial charge in [-0.15, -0.1) is 11.3 Å². The van der Waals surface area contributed by atoms with E-state index in [2.05, 4.69) is 114 Å². The number of benzene rings is 7. The van der Waals surface area contributed by atoms with Crippen LogP contribution < -0.4 is 4.90 Å². The molecular formula is C43H26N2O2S. The highest BCUT2D eigenvalue weighted by Gasteiger charge is 2.18. The molecule has 4 nitrogen and oxygen atoms in total. The zero-order valence-electron chi connectivity index (χ0n) is 25.6. The molecule has 0 saturated carbocycles. The van der Waals surface area contributed by atoms with Crippen LogP contribution in [0.1, 0.15) is 0 Å². The van der Waals surface area contributed by atoms with Gasteiger partial charge in [0.15, 0.2) is 5.58 Å². The van der Waals surface area contributed by atoms with Crippen LogP contribution in [0.15, 0.2) is 167 Å². The Bertz CT molecular complexity index is 2780. The van der Waals surface area contributed by atoms with E-state index in [-0.39, 0.29) is 0 Å². The molecule has 3 heterocycles. The first-order valence-electron chi connectivity index (χ1n) is 15.9. The number of hydrogen-bond acceptors (Lipinski definition) is 5. The number of anilines is 3. The monoisotopic (exact) mass is 634 g/mol. The Hall–Kier alpha value is -6.17. The van der Waals surface area contributed by atoms with Crippen molar-refractivity contribution in [2.45, 2.75) is 0 Å². The Morgan fingerprint density at radius 2 is 1.04 bits per heavy atom. The lowest BCUT2D eigenvalue weighted by atomic mass is 10.0. The van der Waals surface area contributed by atoms with E-state index in [1.54, 1.807) is 11.3 Å². The van der Waals surface area contributed by atoms with Gasteiger partial charge in [0.2, 0.25) is 5.89 Å². The summed E-state index contributed by atoms with van der Waals surface area (Å²) in [5.74, 6) is 0.644. The molecule has 0 aliphatic heterocycles. The van der Waals surface area contributed by atoms with Gasteiger partial charge in [-0.25, -0.2) is 4.98 Å². The third-order valence-corrected chi connectivity index (χ3v) is 10.2. The summed E-state index contributed by atoms with van der Waals surface area (Å²) in [7, 11) is 0. The van der Waals surface area contributed by atoms with Gasteiger partial charge in [0, 0.05) is 65.7 Å². The number of nitrogens with zero attached hydrogens (tertiary/aromatic N) is 2. The fraction of sp³-hybridized carbons (Fsp3) is 0. The molecule has 3 aromatic heterocycles. The third kappa shape index (κ3) is 4.40. The molecule has 0 atom stereocenters. The van der Waals surface area contributed by atoms with Crippen LogP contribution in [-0.4, -0.2) is 4.98 Å². The third-order valence-electron chi connectivity index (χ3n) is 9.10. The van der Waals surface area contributed by atoms with Gasteiger partial charge in [-0.3, -0.25) is 0 Å². The lowest BCUT2D eigenvalue weighted by Crippen LogP contribution is -2.09. The summed E-state index contributed by atoms with van der Waals surface area (Å²) in [5.41, 5.74) is 9.96. The minimum atomic E-state index is 0.644. The van der Waals surface area contributed by atoms with Gasteiger partial charge in [-0.05, 0) is 71.8 Å². The molecule has 10 rings (SSSR count). The van der Waals surface area contributed by atoms with Crippen molar-refractivity contribution in [1.82, 2.24) is 4.98 Å². The minimum Gasteiger partial charge on any atom is -0.456 e. The molecule has 0 aliphatic carbocycles. The first-order chi connectivity index (χ1) is 23.7. The zero-order chi connectivity index (χ0) is 31.6. The molecule has 226 valence electrons. The molecule has 0 amide bonds. The van der Waals surface area contributed by atoms with Crippen molar-refractivity contribution in [2.75, 3.05) is 4.90 Å². The summed E-state index contributed by atoms with van der Waals surface area (Å²) in [6.07, 6.45) is 0. The summed E-state index contributed by atoms with van der Waals surface area (Å²) in [6, 6.07) is 55.1. The Kier molecular flexibility index (Phi) is 6.01. The molecule has 48 heavy (non-hydrogen) atoms. The van der Waals surface area contributed by atoms with E-state index in [0.717, 1.165) is 55.7 Å². The Balaban J connectivity index is 1.11. The van der Waals surface area contributed by atoms with Gasteiger partial charge in [0.05, 0.1) is 0 Å². The van der Waals surface area contributed by atoms with Crippen LogP contribution in [-0.2, 0) is 0 Å². The summed E-state index contributed by atoms with van der Waals surface area (Å²) < 4.78 is 14.9. The van der Waals surface area contributed by atoms with Crippen LogP contribution in [0.4, 0.5) is 17.1 Å². The van der Waals surface area contributed by atoms with Crippen LogP contribution in [0.5, 0.6) is 0 Å². The van der Waals surface area contributed by atoms with E-state index in [9.17, 15) is 0 Å². The number of fused-ring (bicyclic) bond motifs is 7. The fourth-order valence-corrected chi connectivity index (χ4v) is 7.91. The minimum absolute atomic E-state index is 0.644. The Morgan fingerprint density at radius 1 is 0.417 bits per heavy atom. The molecule has 0 N–H and O–H groups in total. The standard InChI is InChI=1S/C43H26N2O2S/c1-3-9-27(10-4-1)28-15-17-30(18-16-28)45(31-19-21-34-33-13-7-8-14-38(33)46-39(34)23-31)32-20-22-35-36-25-37-40(26-42(36)48-41(35)24-32)47-43(44-37)29-11-5-2-6-12-29/h1-26H. The van der Waals surface area contributed by atoms with E-state index in [4.69, 9.17) is 13.8 Å². The zero-order valence-corrected chi connectivity index (χ0v) is 26.4. The number of furan rings is 1. The van der Waals surface area contributed by atoms with Gasteiger partial charge in [-0.2, -0.15) is 0 Å². The van der Waals surface area contributed by atoms with E-state index in [0.29, 0.717) is 5.89 Å². The number of thiophene rings is 1. The number of hydrogen-bond donors (Lipinski definition) is 0. The van der Waals surface area contributed by atoms with Crippen LogP contribution in [0.2, 0.25) is 0 Å². The van der Waals surface area contributed by atoms with Crippen molar-refractivity contribution in [3.8, 4) is 22.6 Å². The van der Waals surface area contributed by atoms with Crippen molar-refractivity contribution >= 4 is 81.6 Å². The average molecular weight is 635 g/mol. The molecular weight excluding hydrogens is 609 g/mol. The number of para-hydroxylation sites is 1. The van der Waals surface area contributed by atoms with Gasteiger partial charge in [0.1, 0.15) is 16.7 Å². The van der Waals surface area contributed by atoms with Crippen LogP contribution in [0.3, 0.4) is 0 Å². The highest BCUT2D eigenvalue weighted by Crippen LogP contribution is 2.43. The Morgan fingerprint density at radius 3 is 1.85 bits per heavy atom. The second-order valence-electron chi connectivity index (χ2n) is 12.0. The molecule has 0 aliphatic rings. The molecule has 10 aromatic rings. The van der Waals surface area contributed by atoms with E-state index in [1.165, 1.54) is 31.3 Å². The van der Waals surface area contributed by atoms with Crippen molar-refractivity contribution in [2.24, 2.45) is 0 Å². The molecule has 0 radical (unpaired) electrons. The maximum absolute atomic E-state index is 6.33. The second kappa shape index (κ2) is 10.7. The topological polar surface area (TPSA) is 42.4 Å². The van der Waals surface area contributed by atoms with E-state index < -0.39 is 0 Å². The molecule has 7 aromatic carbocycles. The van der Waals surface area contributed by atoms with Crippen molar-refractivity contribution < 1.29 is 8.83 Å². The largest absolute Gasteiger partial charge is 0.456 e. The second-order valence-corrected chi connectivity index (χ2v) is 13.1. The van der Waals surface area contributed by atoms with Gasteiger partial charge < -0.3 is 13.7 Å². The molecule has 0 fully saturated rings. The fourth-order valence-electron chi connectivity index (χ4n) is 6.76. The molecule has 0 spiro atoms. The summed E-state index contributed by atoms with van der Waals surface area (Å²) in [5, 5.41) is 4.63. The maximum Gasteiger partial charge on any atom is 0.227 e. The van der Waals surface area contributed by atoms with Crippen molar-refractivity contribution in [3.63, 3.8) is 0 Å². The first-order valence-corrected chi connectivity index (χ1v) is 16.8. The van der Waals surface area contributed by atoms with Crippen LogP contribution in [0, 0.1) is 0 Å². The van der Waals surface area contributed by atoms with Crippen LogP contribution in [0.25, 0.3) is 75.8 Å². The highest BCUT2D eigenvalue weighted by atomic mass is 32.1. The lowest BCUT2D eigenvalue weighted by Gasteiger charge is -2.26. The van der Waals surface area contributed by atoms with E-state index >= 15 is 0 Å². The maximum atomic E-state index is 6.33.